The van der Waals surface area contributed by atoms with Crippen LogP contribution in [0.5, 0.6) is 0 Å². The molecule has 0 spiro atoms. The molecule has 2 aromatic rings. The average molecular weight is 404 g/mol. The summed E-state index contributed by atoms with van der Waals surface area (Å²) < 4.78 is 1.95. The summed E-state index contributed by atoms with van der Waals surface area (Å²) >= 11 is 0. The first kappa shape index (κ1) is 23.0. The predicted octanol–water partition coefficient (Wildman–Crippen LogP) is 5.29. The number of benzene rings is 2. The topological polar surface area (TPSA) is 43.7 Å². The van der Waals surface area contributed by atoms with Crippen LogP contribution < -0.4 is 10.6 Å². The van der Waals surface area contributed by atoms with Crippen LogP contribution in [0.4, 0.5) is 0 Å². The first-order valence-corrected chi connectivity index (χ1v) is 12.5. The van der Waals surface area contributed by atoms with E-state index >= 15 is 0 Å². The van der Waals surface area contributed by atoms with E-state index in [0.717, 1.165) is 11.1 Å². The Bertz CT molecular complexity index is 748. The monoisotopic (exact) mass is 403 g/mol. The Balaban J connectivity index is 3.05. The van der Waals surface area contributed by atoms with E-state index in [0.29, 0.717) is 10.6 Å². The molecule has 156 valence electrons. The third-order valence-corrected chi connectivity index (χ3v) is 9.89. The molecule has 2 rings (SSSR count). The maximum absolute atomic E-state index is 12.7. The molecule has 0 aliphatic carbocycles. The van der Waals surface area contributed by atoms with Gasteiger partial charge in [0.2, 0.25) is 0 Å². The van der Waals surface area contributed by atoms with Crippen LogP contribution in [0.1, 0.15) is 78.4 Å². The van der Waals surface area contributed by atoms with Crippen LogP contribution in [0.15, 0.2) is 48.5 Å². The van der Waals surface area contributed by atoms with Gasteiger partial charge >= 0.3 is 171 Å². The molecule has 0 aliphatic heterocycles. The zero-order valence-electron chi connectivity index (χ0n) is 18.7. The van der Waals surface area contributed by atoms with Crippen LogP contribution >= 0.6 is 7.21 Å². The molecule has 0 atom stereocenters. The van der Waals surface area contributed by atoms with Crippen molar-refractivity contribution in [2.45, 2.75) is 79.3 Å². The van der Waals surface area contributed by atoms with Crippen molar-refractivity contribution in [2.24, 2.45) is 0 Å². The molecule has 2 N–H and O–H groups in total. The summed E-state index contributed by atoms with van der Waals surface area (Å²) in [4.78, 5) is 25.4. The molecule has 0 aliphatic rings. The summed E-state index contributed by atoms with van der Waals surface area (Å²) in [5.74, 6) is 0.369. The first-order chi connectivity index (χ1) is 12.9. The van der Waals surface area contributed by atoms with Crippen LogP contribution in [0.25, 0.3) is 0 Å². The van der Waals surface area contributed by atoms with E-state index in [1.807, 2.05) is 80.9 Å². The van der Waals surface area contributed by atoms with E-state index < -0.39 is 7.21 Å². The minimum atomic E-state index is -4.65. The van der Waals surface area contributed by atoms with Gasteiger partial charge in [-0.2, -0.15) is 0 Å². The number of rotatable bonds is 7. The van der Waals surface area contributed by atoms with Gasteiger partial charge < -0.3 is 0 Å². The normalized spacial score (nSPS) is 14.3. The number of hydrogen-bond acceptors (Lipinski definition) is 3. The quantitative estimate of drug-likeness (QED) is 0.618. The van der Waals surface area contributed by atoms with Crippen molar-refractivity contribution in [1.82, 2.24) is 4.67 Å². The van der Waals surface area contributed by atoms with Gasteiger partial charge in [0, 0.05) is 0 Å². The Morgan fingerprint density at radius 2 is 0.929 bits per heavy atom. The standard InChI is InChI=1S/C24H38NO2P/c1-17(2)21-13-9-11-15-23(21)28(26,27,25(19(5)6)20(7)8)24-16-12-10-14-22(24)18(3)4/h9-20,26-27H,1-8H3. The van der Waals surface area contributed by atoms with Gasteiger partial charge in [0.25, 0.3) is 0 Å². The molecule has 0 fully saturated rings. The average Bonchev–Trinajstić information content (AvgIpc) is 2.61. The zero-order chi connectivity index (χ0) is 21.3. The molecule has 0 heterocycles. The van der Waals surface area contributed by atoms with Gasteiger partial charge in [0.1, 0.15) is 0 Å². The SMILES string of the molecule is CC(C)c1ccccc1P(O)(O)(c1ccccc1C(C)C)N(C(C)C)C(C)C. The summed E-state index contributed by atoms with van der Waals surface area (Å²) in [5.41, 5.74) is 1.99. The Kier molecular flexibility index (Phi) is 6.78. The van der Waals surface area contributed by atoms with Gasteiger partial charge in [-0.25, -0.2) is 0 Å². The molecular formula is C24H38NO2P. The van der Waals surface area contributed by atoms with Crippen molar-refractivity contribution in [1.29, 1.82) is 0 Å². The number of nitrogens with zero attached hydrogens (tertiary/aromatic N) is 1. The van der Waals surface area contributed by atoms with Crippen molar-refractivity contribution in [3.8, 4) is 0 Å². The number of hydrogen-bond donors (Lipinski definition) is 2. The van der Waals surface area contributed by atoms with Crippen molar-refractivity contribution in [3.05, 3.63) is 59.7 Å². The maximum atomic E-state index is 12.7. The van der Waals surface area contributed by atoms with Gasteiger partial charge in [-0.15, -0.1) is 0 Å². The molecule has 28 heavy (non-hydrogen) atoms. The van der Waals surface area contributed by atoms with E-state index in [1.54, 1.807) is 0 Å². The fourth-order valence-corrected chi connectivity index (χ4v) is 9.40. The van der Waals surface area contributed by atoms with Crippen molar-refractivity contribution in [3.63, 3.8) is 0 Å². The fourth-order valence-electron chi connectivity index (χ4n) is 4.55. The Morgan fingerprint density at radius 1 is 0.607 bits per heavy atom. The molecule has 4 heteroatoms. The third kappa shape index (κ3) is 3.78. The van der Waals surface area contributed by atoms with Gasteiger partial charge in [0.15, 0.2) is 0 Å². The summed E-state index contributed by atoms with van der Waals surface area (Å²) in [6.45, 7) is 16.6. The van der Waals surface area contributed by atoms with E-state index in [2.05, 4.69) is 27.7 Å². The van der Waals surface area contributed by atoms with Crippen LogP contribution in [-0.4, -0.2) is 26.5 Å². The second kappa shape index (κ2) is 8.24. The molecule has 0 bridgehead atoms. The molecule has 0 radical (unpaired) electrons. The molecule has 2 aromatic carbocycles. The van der Waals surface area contributed by atoms with E-state index in [1.165, 1.54) is 0 Å². The van der Waals surface area contributed by atoms with E-state index in [4.69, 9.17) is 0 Å². The molecule has 0 saturated carbocycles. The van der Waals surface area contributed by atoms with Gasteiger partial charge in [-0.05, 0) is 0 Å². The summed E-state index contributed by atoms with van der Waals surface area (Å²) in [6.07, 6.45) is 0. The molecule has 0 aromatic heterocycles. The van der Waals surface area contributed by atoms with Crippen LogP contribution in [0.3, 0.4) is 0 Å². The Labute approximate surface area is 171 Å². The van der Waals surface area contributed by atoms with Gasteiger partial charge in [-0.1, -0.05) is 0 Å². The molecule has 3 nitrogen and oxygen atoms in total. The van der Waals surface area contributed by atoms with Crippen LogP contribution in [0, 0.1) is 0 Å². The third-order valence-electron chi connectivity index (χ3n) is 5.50. The van der Waals surface area contributed by atoms with Crippen LogP contribution in [-0.2, 0) is 0 Å². The zero-order valence-corrected chi connectivity index (χ0v) is 19.6. The summed E-state index contributed by atoms with van der Waals surface area (Å²) in [6, 6.07) is 15.6. The molecule has 0 unspecified atom stereocenters. The summed E-state index contributed by atoms with van der Waals surface area (Å²) in [5, 5.41) is 1.33. The minimum absolute atomic E-state index is 0.0342. The molecule has 0 saturated heterocycles. The van der Waals surface area contributed by atoms with Crippen molar-refractivity contribution < 1.29 is 9.79 Å². The van der Waals surface area contributed by atoms with Gasteiger partial charge in [-0.3, -0.25) is 0 Å². The second-order valence-electron chi connectivity index (χ2n) is 8.97. The molecule has 0 amide bonds. The Hall–Kier alpha value is -1.25. The van der Waals surface area contributed by atoms with Crippen molar-refractivity contribution in [2.75, 3.05) is 0 Å². The first-order valence-electron chi connectivity index (χ1n) is 10.4. The summed E-state index contributed by atoms with van der Waals surface area (Å²) in [7, 11) is -4.65. The predicted molar refractivity (Wildman–Crippen MR) is 124 cm³/mol. The second-order valence-corrected chi connectivity index (χ2v) is 12.4. The van der Waals surface area contributed by atoms with E-state index in [9.17, 15) is 9.79 Å². The van der Waals surface area contributed by atoms with Crippen molar-refractivity contribution >= 4 is 17.8 Å². The van der Waals surface area contributed by atoms with Crippen LogP contribution in [0.2, 0.25) is 0 Å². The fraction of sp³-hybridized carbons (Fsp3) is 0.500. The van der Waals surface area contributed by atoms with E-state index in [-0.39, 0.29) is 23.9 Å². The Morgan fingerprint density at radius 3 is 1.21 bits per heavy atom. The van der Waals surface area contributed by atoms with Gasteiger partial charge in [0.05, 0.1) is 0 Å². The molecular weight excluding hydrogens is 365 g/mol.